The number of rotatable bonds is 8. The van der Waals surface area contributed by atoms with Gasteiger partial charge >= 0.3 is 0 Å². The molecule has 0 fully saturated rings. The number of nitriles is 1. The molecule has 2 aromatic heterocycles. The molecule has 0 saturated carbocycles. The van der Waals surface area contributed by atoms with Crippen LogP contribution < -0.4 is 4.74 Å². The van der Waals surface area contributed by atoms with E-state index in [-0.39, 0.29) is 5.75 Å². The number of benzene rings is 3. The first kappa shape index (κ1) is 24.0. The smallest absolute Gasteiger partial charge is 0.165 e. The molecule has 0 aliphatic heterocycles. The lowest BCUT2D eigenvalue weighted by molar-refractivity contribution is 0.294. The van der Waals surface area contributed by atoms with Crippen molar-refractivity contribution >= 4 is 22.7 Å². The van der Waals surface area contributed by atoms with Crippen molar-refractivity contribution in [1.82, 2.24) is 19.3 Å². The maximum absolute atomic E-state index is 14.9. The van der Waals surface area contributed by atoms with Crippen molar-refractivity contribution in [3.63, 3.8) is 0 Å². The van der Waals surface area contributed by atoms with Crippen molar-refractivity contribution in [2.45, 2.75) is 19.8 Å². The van der Waals surface area contributed by atoms with Crippen molar-refractivity contribution in [2.75, 3.05) is 6.61 Å². The number of aryl methyl sites for hydroxylation is 1. The minimum absolute atomic E-state index is 0.217. The van der Waals surface area contributed by atoms with Crippen LogP contribution in [0.25, 0.3) is 39.6 Å². The van der Waals surface area contributed by atoms with Crippen LogP contribution in [0, 0.1) is 17.1 Å². The number of nitrogens with zero attached hydrogens (tertiary/aromatic N) is 5. The Morgan fingerprint density at radius 3 is 2.59 bits per heavy atom. The highest BCUT2D eigenvalue weighted by molar-refractivity contribution is 5.93. The maximum atomic E-state index is 14.9. The van der Waals surface area contributed by atoms with Gasteiger partial charge in [-0.05, 0) is 55.0 Å². The predicted octanol–water partition coefficient (Wildman–Crippen LogP) is 6.81. The fourth-order valence-electron chi connectivity index (χ4n) is 4.21. The van der Waals surface area contributed by atoms with E-state index in [1.54, 1.807) is 22.9 Å². The summed E-state index contributed by atoms with van der Waals surface area (Å²) in [6, 6.07) is 24.5. The summed E-state index contributed by atoms with van der Waals surface area (Å²) in [5.74, 6) is 0.316. The Kier molecular flexibility index (Phi) is 6.82. The number of allylic oxidation sites excluding steroid dienone is 1. The summed E-state index contributed by atoms with van der Waals surface area (Å²) in [7, 11) is 1.89. The van der Waals surface area contributed by atoms with Crippen LogP contribution in [0.2, 0.25) is 0 Å². The summed E-state index contributed by atoms with van der Waals surface area (Å²) in [6.07, 6.45) is 5.43. The molecule has 7 heteroatoms. The molecular weight excluding hydrogens is 465 g/mol. The highest BCUT2D eigenvalue weighted by Crippen LogP contribution is 2.31. The van der Waals surface area contributed by atoms with Crippen molar-refractivity contribution < 1.29 is 9.13 Å². The molecule has 0 amide bonds. The molecule has 0 aliphatic rings. The van der Waals surface area contributed by atoms with Crippen molar-refractivity contribution in [3.05, 3.63) is 96.2 Å². The number of fused-ring (bicyclic) bond motifs is 1. The van der Waals surface area contributed by atoms with Crippen LogP contribution in [0.3, 0.4) is 0 Å². The van der Waals surface area contributed by atoms with E-state index in [4.69, 9.17) is 9.84 Å². The first-order valence-electron chi connectivity index (χ1n) is 12.2. The Hall–Kier alpha value is -4.70. The van der Waals surface area contributed by atoms with Gasteiger partial charge in [-0.25, -0.2) is 14.1 Å². The molecule has 2 heterocycles. The van der Waals surface area contributed by atoms with Crippen LogP contribution in [0.5, 0.6) is 5.75 Å². The Morgan fingerprint density at radius 1 is 1.08 bits per heavy atom. The van der Waals surface area contributed by atoms with E-state index in [0.29, 0.717) is 34.8 Å². The topological polar surface area (TPSA) is 68.7 Å². The van der Waals surface area contributed by atoms with Gasteiger partial charge in [0.15, 0.2) is 17.4 Å². The van der Waals surface area contributed by atoms with Crippen LogP contribution in [0.15, 0.2) is 79.0 Å². The van der Waals surface area contributed by atoms with Crippen molar-refractivity contribution in [3.8, 4) is 28.8 Å². The van der Waals surface area contributed by atoms with E-state index in [0.717, 1.165) is 29.6 Å². The van der Waals surface area contributed by atoms with Gasteiger partial charge in [0.1, 0.15) is 11.8 Å². The summed E-state index contributed by atoms with van der Waals surface area (Å²) < 4.78 is 24.2. The number of para-hydroxylation sites is 3. The lowest BCUT2D eigenvalue weighted by Crippen LogP contribution is -1.99. The molecule has 0 aliphatic carbocycles. The van der Waals surface area contributed by atoms with Crippen LogP contribution in [0.1, 0.15) is 31.2 Å². The van der Waals surface area contributed by atoms with Crippen LogP contribution in [0.4, 0.5) is 4.39 Å². The number of ether oxygens (including phenoxy) is 1. The molecule has 0 unspecified atom stereocenters. The molecule has 184 valence electrons. The molecule has 0 spiro atoms. The van der Waals surface area contributed by atoms with E-state index in [1.165, 1.54) is 6.07 Å². The van der Waals surface area contributed by atoms with Gasteiger partial charge in [0.2, 0.25) is 0 Å². The zero-order chi connectivity index (χ0) is 25.8. The minimum Gasteiger partial charge on any atom is -0.491 e. The number of hydrogen-bond acceptors (Lipinski definition) is 4. The molecule has 5 aromatic rings. The average molecular weight is 492 g/mol. The zero-order valence-electron chi connectivity index (χ0n) is 20.7. The van der Waals surface area contributed by atoms with Gasteiger partial charge in [0.25, 0.3) is 0 Å². The fourth-order valence-corrected chi connectivity index (χ4v) is 4.21. The zero-order valence-corrected chi connectivity index (χ0v) is 20.7. The summed E-state index contributed by atoms with van der Waals surface area (Å²) in [4.78, 5) is 4.68. The van der Waals surface area contributed by atoms with Gasteiger partial charge in [-0.2, -0.15) is 10.4 Å². The number of imidazole rings is 1. The largest absolute Gasteiger partial charge is 0.491 e. The van der Waals surface area contributed by atoms with Crippen LogP contribution in [-0.4, -0.2) is 25.9 Å². The Bertz CT molecular complexity index is 1630. The second kappa shape index (κ2) is 10.5. The molecule has 6 nitrogen and oxygen atoms in total. The van der Waals surface area contributed by atoms with E-state index in [1.807, 2.05) is 72.4 Å². The van der Waals surface area contributed by atoms with E-state index >= 15 is 0 Å². The quantitative estimate of drug-likeness (QED) is 0.177. The Morgan fingerprint density at radius 2 is 1.86 bits per heavy atom. The molecule has 0 saturated heterocycles. The first-order chi connectivity index (χ1) is 18.1. The molecular formula is C30H26FN5O. The third-order valence-electron chi connectivity index (χ3n) is 6.17. The summed E-state index contributed by atoms with van der Waals surface area (Å²) in [5.41, 5.74) is 4.78. The number of unbranched alkanes of at least 4 members (excludes halogenated alkanes) is 1. The normalized spacial score (nSPS) is 11.6. The molecule has 0 bridgehead atoms. The highest BCUT2D eigenvalue weighted by atomic mass is 19.1. The van der Waals surface area contributed by atoms with Gasteiger partial charge in [0.05, 0.1) is 28.9 Å². The molecule has 5 rings (SSSR count). The lowest BCUT2D eigenvalue weighted by Gasteiger charge is -2.08. The lowest BCUT2D eigenvalue weighted by atomic mass is 10.1. The van der Waals surface area contributed by atoms with Crippen LogP contribution >= 0.6 is 0 Å². The van der Waals surface area contributed by atoms with Gasteiger partial charge in [0, 0.05) is 24.4 Å². The summed E-state index contributed by atoms with van der Waals surface area (Å²) in [5, 5.41) is 14.9. The third kappa shape index (κ3) is 4.87. The van der Waals surface area contributed by atoms with E-state index in [9.17, 15) is 9.65 Å². The van der Waals surface area contributed by atoms with Gasteiger partial charge < -0.3 is 9.30 Å². The van der Waals surface area contributed by atoms with Crippen LogP contribution in [-0.2, 0) is 7.05 Å². The summed E-state index contributed by atoms with van der Waals surface area (Å²) >= 11 is 0. The third-order valence-corrected chi connectivity index (χ3v) is 6.17. The average Bonchev–Trinajstić information content (AvgIpc) is 3.50. The highest BCUT2D eigenvalue weighted by Gasteiger charge is 2.17. The van der Waals surface area contributed by atoms with Gasteiger partial charge in [-0.15, -0.1) is 0 Å². The molecule has 37 heavy (non-hydrogen) atoms. The Balaban J connectivity index is 1.62. The summed E-state index contributed by atoms with van der Waals surface area (Å²) in [6.45, 7) is 2.52. The molecule has 0 N–H and O–H groups in total. The molecule has 0 atom stereocenters. The van der Waals surface area contributed by atoms with Gasteiger partial charge in [-0.1, -0.05) is 43.7 Å². The van der Waals surface area contributed by atoms with E-state index < -0.39 is 5.82 Å². The first-order valence-corrected chi connectivity index (χ1v) is 12.2. The second-order valence-electron chi connectivity index (χ2n) is 8.71. The number of halogens is 1. The molecule has 0 radical (unpaired) electrons. The fraction of sp³-hybridized carbons (Fsp3) is 0.167. The van der Waals surface area contributed by atoms with Crippen molar-refractivity contribution in [2.24, 2.45) is 7.05 Å². The molecule has 3 aromatic carbocycles. The number of hydrogen-bond donors (Lipinski definition) is 0. The number of aromatic nitrogens is 4. The minimum atomic E-state index is -0.450. The van der Waals surface area contributed by atoms with Gasteiger partial charge in [-0.3, -0.25) is 0 Å². The second-order valence-corrected chi connectivity index (χ2v) is 8.71. The maximum Gasteiger partial charge on any atom is 0.165 e. The Labute approximate surface area is 214 Å². The van der Waals surface area contributed by atoms with E-state index in [2.05, 4.69) is 18.0 Å². The van der Waals surface area contributed by atoms with Crippen molar-refractivity contribution in [1.29, 1.82) is 5.26 Å². The predicted molar refractivity (Wildman–Crippen MR) is 144 cm³/mol. The SMILES string of the molecule is CCCCOc1ccc(-c2nn(-c3ccccc3)cc2/C=C(/C#N)c2nc3ccccc3n2C)cc1F. The monoisotopic (exact) mass is 491 g/mol. The standard InChI is InChI=1S/C30H26FN5O/c1-3-4-16-37-28-15-14-21(18-25(28)31)29-23(20-36(34-29)24-10-6-5-7-11-24)17-22(19-32)30-33-26-12-8-9-13-27(26)35(30)2/h5-15,17-18,20H,3-4,16H2,1-2H3/b22-17-.